The van der Waals surface area contributed by atoms with E-state index in [-0.39, 0.29) is 24.9 Å². The molecule has 2 rings (SSSR count). The van der Waals surface area contributed by atoms with E-state index in [0.29, 0.717) is 12.8 Å². The molecule has 0 unspecified atom stereocenters. The average Bonchev–Trinajstić information content (AvgIpc) is 2.42. The van der Waals surface area contributed by atoms with E-state index in [2.05, 4.69) is 0 Å². The van der Waals surface area contributed by atoms with Crippen molar-refractivity contribution in [1.82, 2.24) is 4.90 Å². The van der Waals surface area contributed by atoms with Crippen LogP contribution in [0.4, 0.5) is 5.69 Å². The van der Waals surface area contributed by atoms with Crippen molar-refractivity contribution in [2.75, 3.05) is 25.0 Å². The number of anilines is 1. The van der Waals surface area contributed by atoms with Crippen LogP contribution in [0.15, 0.2) is 24.3 Å². The third-order valence-corrected chi connectivity index (χ3v) is 3.25. The van der Waals surface area contributed by atoms with Crippen LogP contribution in [0.3, 0.4) is 0 Å². The molecule has 1 aromatic carbocycles. The molecule has 1 aliphatic rings. The number of aldehydes is 1. The third kappa shape index (κ3) is 2.99. The number of benzene rings is 1. The van der Waals surface area contributed by atoms with Gasteiger partial charge in [0.25, 0.3) is 0 Å². The smallest absolute Gasteiger partial charge is 0.248 e. The highest BCUT2D eigenvalue weighted by Crippen LogP contribution is 2.18. The van der Waals surface area contributed by atoms with Crippen LogP contribution in [0.2, 0.25) is 0 Å². The van der Waals surface area contributed by atoms with Gasteiger partial charge in [-0.2, -0.15) is 0 Å². The average molecular weight is 260 g/mol. The third-order valence-electron chi connectivity index (χ3n) is 3.25. The lowest BCUT2D eigenvalue weighted by molar-refractivity contribution is -0.143. The normalized spacial score (nSPS) is 15.8. The molecule has 0 N–H and O–H groups in total. The molecule has 0 spiro atoms. The highest BCUT2D eigenvalue weighted by Gasteiger charge is 2.27. The van der Waals surface area contributed by atoms with Gasteiger partial charge in [0.2, 0.25) is 11.8 Å². The molecule has 0 aromatic heterocycles. The van der Waals surface area contributed by atoms with Crippen LogP contribution in [0.5, 0.6) is 0 Å². The Morgan fingerprint density at radius 1 is 1.11 bits per heavy atom. The molecule has 2 amide bonds. The molecule has 100 valence electrons. The van der Waals surface area contributed by atoms with Gasteiger partial charge in [0.15, 0.2) is 0 Å². The Morgan fingerprint density at radius 3 is 2.21 bits per heavy atom. The van der Waals surface area contributed by atoms with Crippen molar-refractivity contribution >= 4 is 23.8 Å². The van der Waals surface area contributed by atoms with Crippen LogP contribution < -0.4 is 4.90 Å². The fraction of sp³-hybridized carbons (Fsp3) is 0.357. The zero-order valence-electron chi connectivity index (χ0n) is 10.8. The molecular formula is C14H16N2O3. The molecule has 5 heteroatoms. The Kier molecular flexibility index (Phi) is 3.94. The second-order valence-corrected chi connectivity index (χ2v) is 4.57. The maximum Gasteiger partial charge on any atom is 0.248 e. The fourth-order valence-electron chi connectivity index (χ4n) is 2.02. The van der Waals surface area contributed by atoms with Crippen molar-refractivity contribution in [3.8, 4) is 0 Å². The van der Waals surface area contributed by atoms with E-state index in [1.165, 1.54) is 7.05 Å². The van der Waals surface area contributed by atoms with E-state index in [4.69, 9.17) is 0 Å². The van der Waals surface area contributed by atoms with Gasteiger partial charge in [-0.3, -0.25) is 14.5 Å². The van der Waals surface area contributed by atoms with Gasteiger partial charge in [0, 0.05) is 19.2 Å². The Bertz CT molecular complexity index is 478. The lowest BCUT2D eigenvalue weighted by atomic mass is 10.1. The number of piperazine rings is 1. The maximum atomic E-state index is 11.6. The lowest BCUT2D eigenvalue weighted by Crippen LogP contribution is -2.52. The molecule has 19 heavy (non-hydrogen) atoms. The van der Waals surface area contributed by atoms with Crippen LogP contribution in [0, 0.1) is 0 Å². The quantitative estimate of drug-likeness (QED) is 0.588. The summed E-state index contributed by atoms with van der Waals surface area (Å²) in [4.78, 5) is 36.5. The van der Waals surface area contributed by atoms with Crippen LogP contribution in [-0.4, -0.2) is 43.1 Å². The maximum absolute atomic E-state index is 11.6. The largest absolute Gasteiger partial charge is 0.353 e. The van der Waals surface area contributed by atoms with Crippen LogP contribution in [-0.2, 0) is 20.8 Å². The van der Waals surface area contributed by atoms with Gasteiger partial charge >= 0.3 is 0 Å². The lowest BCUT2D eigenvalue weighted by Gasteiger charge is -2.32. The predicted octanol–water partition coefficient (Wildman–Crippen LogP) is 0.623. The monoisotopic (exact) mass is 260 g/mol. The summed E-state index contributed by atoms with van der Waals surface area (Å²) in [5.74, 6) is -0.387. The van der Waals surface area contributed by atoms with Gasteiger partial charge in [-0.25, -0.2) is 0 Å². The Balaban J connectivity index is 2.08. The SMILES string of the molecule is CN1C(=O)CN(c2ccc(CCC=O)cc2)CC1=O. The van der Waals surface area contributed by atoms with Gasteiger partial charge in [-0.05, 0) is 24.1 Å². The fourth-order valence-corrected chi connectivity index (χ4v) is 2.02. The van der Waals surface area contributed by atoms with E-state index in [9.17, 15) is 14.4 Å². The summed E-state index contributed by atoms with van der Waals surface area (Å²) in [6, 6.07) is 7.61. The number of likely N-dealkylation sites (N-methyl/N-ethyl adjacent to an activating group) is 1. The summed E-state index contributed by atoms with van der Waals surface area (Å²) in [5, 5.41) is 0. The molecule has 0 atom stereocenters. The highest BCUT2D eigenvalue weighted by molar-refractivity contribution is 6.02. The molecule has 0 bridgehead atoms. The Hall–Kier alpha value is -2.17. The zero-order valence-corrected chi connectivity index (χ0v) is 10.8. The van der Waals surface area contributed by atoms with Crippen molar-refractivity contribution in [2.24, 2.45) is 0 Å². The number of carbonyl (C=O) groups excluding carboxylic acids is 3. The van der Waals surface area contributed by atoms with Crippen LogP contribution >= 0.6 is 0 Å². The van der Waals surface area contributed by atoms with Gasteiger partial charge < -0.3 is 9.69 Å². The van der Waals surface area contributed by atoms with E-state index in [0.717, 1.165) is 22.4 Å². The first-order chi connectivity index (χ1) is 9.11. The molecule has 1 aromatic rings. The van der Waals surface area contributed by atoms with Gasteiger partial charge in [-0.15, -0.1) is 0 Å². The number of hydrogen-bond donors (Lipinski definition) is 0. The summed E-state index contributed by atoms with van der Waals surface area (Å²) < 4.78 is 0. The van der Waals surface area contributed by atoms with Gasteiger partial charge in [-0.1, -0.05) is 12.1 Å². The molecular weight excluding hydrogens is 244 g/mol. The minimum atomic E-state index is -0.193. The van der Waals surface area contributed by atoms with E-state index in [1.807, 2.05) is 24.3 Å². The van der Waals surface area contributed by atoms with Crippen molar-refractivity contribution < 1.29 is 14.4 Å². The van der Waals surface area contributed by atoms with Gasteiger partial charge in [0.1, 0.15) is 6.29 Å². The van der Waals surface area contributed by atoms with Crippen molar-refractivity contribution in [3.63, 3.8) is 0 Å². The number of carbonyl (C=O) groups is 3. The summed E-state index contributed by atoms with van der Waals surface area (Å²) in [6.45, 7) is 0.436. The Labute approximate surface area is 111 Å². The minimum absolute atomic E-state index is 0.193. The summed E-state index contributed by atoms with van der Waals surface area (Å²) in [7, 11) is 1.50. The van der Waals surface area contributed by atoms with Crippen LogP contribution in [0.1, 0.15) is 12.0 Å². The van der Waals surface area contributed by atoms with Crippen molar-refractivity contribution in [3.05, 3.63) is 29.8 Å². The van der Waals surface area contributed by atoms with Crippen molar-refractivity contribution in [1.29, 1.82) is 0 Å². The molecule has 1 fully saturated rings. The van der Waals surface area contributed by atoms with E-state index >= 15 is 0 Å². The topological polar surface area (TPSA) is 57.7 Å². The second-order valence-electron chi connectivity index (χ2n) is 4.57. The first kappa shape index (κ1) is 13.3. The first-order valence-electron chi connectivity index (χ1n) is 6.18. The number of hydrogen-bond acceptors (Lipinski definition) is 4. The summed E-state index contributed by atoms with van der Waals surface area (Å²) >= 11 is 0. The number of aryl methyl sites for hydroxylation is 1. The molecule has 1 saturated heterocycles. The van der Waals surface area contributed by atoms with Crippen LogP contribution in [0.25, 0.3) is 0 Å². The second kappa shape index (κ2) is 5.65. The number of rotatable bonds is 4. The molecule has 1 aliphatic heterocycles. The number of nitrogens with zero attached hydrogens (tertiary/aromatic N) is 2. The Morgan fingerprint density at radius 2 is 1.68 bits per heavy atom. The van der Waals surface area contributed by atoms with Gasteiger partial charge in [0.05, 0.1) is 13.1 Å². The van der Waals surface area contributed by atoms with Crippen molar-refractivity contribution in [2.45, 2.75) is 12.8 Å². The molecule has 1 heterocycles. The highest BCUT2D eigenvalue weighted by atomic mass is 16.2. The van der Waals surface area contributed by atoms with E-state index < -0.39 is 0 Å². The predicted molar refractivity (Wildman–Crippen MR) is 70.8 cm³/mol. The standard InChI is InChI=1S/C14H16N2O3/c1-15-13(18)9-16(10-14(15)19)12-6-4-11(5-7-12)3-2-8-17/h4-8H,2-3,9-10H2,1H3. The number of imide groups is 1. The van der Waals surface area contributed by atoms with E-state index in [1.54, 1.807) is 4.90 Å². The minimum Gasteiger partial charge on any atom is -0.353 e. The first-order valence-corrected chi connectivity index (χ1v) is 6.18. The summed E-state index contributed by atoms with van der Waals surface area (Å²) in [5.41, 5.74) is 1.92. The molecule has 0 aliphatic carbocycles. The molecule has 5 nitrogen and oxygen atoms in total. The molecule has 0 saturated carbocycles. The summed E-state index contributed by atoms with van der Waals surface area (Å²) in [6.07, 6.45) is 2.11. The zero-order chi connectivity index (χ0) is 13.8. The number of amides is 2. The molecule has 0 radical (unpaired) electrons.